The van der Waals surface area contributed by atoms with Crippen molar-refractivity contribution in [3.05, 3.63) is 85.9 Å². The van der Waals surface area contributed by atoms with Crippen LogP contribution in [-0.2, 0) is 0 Å². The summed E-state index contributed by atoms with van der Waals surface area (Å²) < 4.78 is 11.4. The first kappa shape index (κ1) is 22.7. The molecule has 0 aliphatic rings. The van der Waals surface area contributed by atoms with Crippen molar-refractivity contribution in [1.82, 2.24) is 0 Å². The third kappa shape index (κ3) is 3.29. The Bertz CT molecular complexity index is 1920. The summed E-state index contributed by atoms with van der Waals surface area (Å²) in [6, 6.07) is 9.64. The van der Waals surface area contributed by atoms with E-state index in [1.807, 2.05) is 0 Å². The lowest BCUT2D eigenvalue weighted by Crippen LogP contribution is -2.15. The molecule has 36 heavy (non-hydrogen) atoms. The van der Waals surface area contributed by atoms with Gasteiger partial charge in [-0.1, -0.05) is 12.1 Å². The lowest BCUT2D eigenvalue weighted by molar-refractivity contribution is 0.0698. The summed E-state index contributed by atoms with van der Waals surface area (Å²) in [6.07, 6.45) is 0.981. The first-order chi connectivity index (χ1) is 17.1. The zero-order chi connectivity index (χ0) is 25.9. The van der Waals surface area contributed by atoms with Crippen LogP contribution in [0.5, 0.6) is 5.75 Å². The van der Waals surface area contributed by atoms with Crippen LogP contribution in [0.25, 0.3) is 44.0 Å². The summed E-state index contributed by atoms with van der Waals surface area (Å²) in [4.78, 5) is 64.3. The van der Waals surface area contributed by atoms with Crippen molar-refractivity contribution < 1.29 is 33.4 Å². The number of hydrogen-bond donors (Lipinski definition) is 2. The fourth-order valence-corrected chi connectivity index (χ4v) is 4.41. The second kappa shape index (κ2) is 8.02. The summed E-state index contributed by atoms with van der Waals surface area (Å²) in [7, 11) is 0. The van der Waals surface area contributed by atoms with Gasteiger partial charge in [0.25, 0.3) is 0 Å². The van der Waals surface area contributed by atoms with Gasteiger partial charge in [0, 0.05) is 17.2 Å². The van der Waals surface area contributed by atoms with E-state index in [2.05, 4.69) is 0 Å². The zero-order valence-corrected chi connectivity index (χ0v) is 18.9. The highest BCUT2D eigenvalue weighted by atomic mass is 16.4. The number of para-hydroxylation sites is 1. The third-order valence-corrected chi connectivity index (χ3v) is 5.96. The summed E-state index contributed by atoms with van der Waals surface area (Å²) in [6.45, 7) is 2.40. The Morgan fingerprint density at radius 1 is 0.833 bits per heavy atom. The highest BCUT2D eigenvalue weighted by Gasteiger charge is 2.28. The van der Waals surface area contributed by atoms with Crippen molar-refractivity contribution in [2.75, 3.05) is 0 Å². The maximum Gasteiger partial charge on any atom is 0.336 e. The summed E-state index contributed by atoms with van der Waals surface area (Å²) >= 11 is 0. The lowest BCUT2D eigenvalue weighted by Gasteiger charge is -2.15. The standard InChI is InChI=1S/C27H16O9/c1-11(28)15-9-17-24(31)14-5-3-4-6-19(14)36-26(17)21(12(2)29)22(15)18-10-35-20-8-13(30)7-16(27(33)34)23(20)25(18)32/h3-10,30H,1-2H3,(H,33,34). The van der Waals surface area contributed by atoms with Gasteiger partial charge in [0.1, 0.15) is 28.8 Å². The number of aromatic carboxylic acids is 1. The fourth-order valence-electron chi connectivity index (χ4n) is 4.41. The Kier molecular flexibility index (Phi) is 5.06. The van der Waals surface area contributed by atoms with Crippen LogP contribution in [0.1, 0.15) is 44.9 Å². The molecule has 5 aromatic rings. The van der Waals surface area contributed by atoms with Crippen LogP contribution in [0.4, 0.5) is 0 Å². The maximum absolute atomic E-state index is 13.6. The SMILES string of the molecule is CC(=O)c1cc2c(=O)c3ccccc3oc2c(C(C)=O)c1-c1coc2cc(O)cc(C(=O)O)c2c1=O. The Hall–Kier alpha value is -5.05. The van der Waals surface area contributed by atoms with Gasteiger partial charge in [-0.25, -0.2) is 4.79 Å². The molecule has 0 saturated heterocycles. The van der Waals surface area contributed by atoms with Crippen LogP contribution in [0.3, 0.4) is 0 Å². The topological polar surface area (TPSA) is 152 Å². The number of ketones is 2. The van der Waals surface area contributed by atoms with Gasteiger partial charge in [0.15, 0.2) is 11.6 Å². The highest BCUT2D eigenvalue weighted by Crippen LogP contribution is 2.35. The van der Waals surface area contributed by atoms with E-state index >= 15 is 0 Å². The zero-order valence-electron chi connectivity index (χ0n) is 18.9. The first-order valence-electron chi connectivity index (χ1n) is 10.7. The number of benzene rings is 3. The Balaban J connectivity index is 2.03. The molecule has 2 heterocycles. The second-order valence-electron chi connectivity index (χ2n) is 8.24. The number of fused-ring (bicyclic) bond motifs is 3. The molecule has 9 nitrogen and oxygen atoms in total. The average molecular weight is 484 g/mol. The summed E-state index contributed by atoms with van der Waals surface area (Å²) in [5, 5.41) is 19.3. The van der Waals surface area contributed by atoms with Crippen LogP contribution >= 0.6 is 0 Å². The first-order valence-corrected chi connectivity index (χ1v) is 10.7. The van der Waals surface area contributed by atoms with E-state index in [1.54, 1.807) is 24.3 Å². The maximum atomic E-state index is 13.6. The van der Waals surface area contributed by atoms with E-state index in [4.69, 9.17) is 8.83 Å². The number of rotatable bonds is 4. The Morgan fingerprint density at radius 3 is 2.22 bits per heavy atom. The van der Waals surface area contributed by atoms with Crippen LogP contribution in [-0.4, -0.2) is 27.7 Å². The minimum atomic E-state index is -1.49. The summed E-state index contributed by atoms with van der Waals surface area (Å²) in [5.74, 6) is -3.07. The van der Waals surface area contributed by atoms with E-state index < -0.39 is 39.7 Å². The van der Waals surface area contributed by atoms with Crippen molar-refractivity contribution in [3.63, 3.8) is 0 Å². The molecular weight excluding hydrogens is 468 g/mol. The van der Waals surface area contributed by atoms with Gasteiger partial charge in [-0.3, -0.25) is 19.2 Å². The normalized spacial score (nSPS) is 11.3. The Labute approximate surface area is 200 Å². The Morgan fingerprint density at radius 2 is 1.56 bits per heavy atom. The number of hydrogen-bond acceptors (Lipinski definition) is 8. The lowest BCUT2D eigenvalue weighted by atomic mass is 9.88. The molecule has 0 radical (unpaired) electrons. The predicted octanol–water partition coefficient (Wildman–Crippen LogP) is 4.53. The molecule has 178 valence electrons. The van der Waals surface area contributed by atoms with Crippen LogP contribution < -0.4 is 10.9 Å². The van der Waals surface area contributed by atoms with E-state index in [0.717, 1.165) is 18.4 Å². The molecule has 0 unspecified atom stereocenters. The van der Waals surface area contributed by atoms with Gasteiger partial charge < -0.3 is 19.0 Å². The largest absolute Gasteiger partial charge is 0.508 e. The smallest absolute Gasteiger partial charge is 0.336 e. The molecular formula is C27H16O9. The average Bonchev–Trinajstić information content (AvgIpc) is 2.82. The van der Waals surface area contributed by atoms with Gasteiger partial charge in [-0.15, -0.1) is 0 Å². The third-order valence-electron chi connectivity index (χ3n) is 5.96. The van der Waals surface area contributed by atoms with E-state index in [9.17, 15) is 34.2 Å². The summed E-state index contributed by atoms with van der Waals surface area (Å²) in [5.41, 5.74) is -2.66. The highest BCUT2D eigenvalue weighted by molar-refractivity contribution is 6.17. The molecule has 0 saturated carbocycles. The van der Waals surface area contributed by atoms with Crippen molar-refractivity contribution in [2.24, 2.45) is 0 Å². The molecule has 2 N–H and O–H groups in total. The van der Waals surface area contributed by atoms with E-state index in [-0.39, 0.29) is 55.2 Å². The van der Waals surface area contributed by atoms with Crippen LogP contribution in [0, 0.1) is 0 Å². The monoisotopic (exact) mass is 484 g/mol. The minimum Gasteiger partial charge on any atom is -0.508 e. The van der Waals surface area contributed by atoms with Gasteiger partial charge >= 0.3 is 5.97 Å². The molecule has 0 aliphatic carbocycles. The van der Waals surface area contributed by atoms with E-state index in [0.29, 0.717) is 0 Å². The number of carbonyl (C=O) groups excluding carboxylic acids is 2. The second-order valence-corrected chi connectivity index (χ2v) is 8.24. The minimum absolute atomic E-state index is 0.0193. The van der Waals surface area contributed by atoms with Gasteiger partial charge in [-0.2, -0.15) is 0 Å². The van der Waals surface area contributed by atoms with Crippen molar-refractivity contribution in [3.8, 4) is 16.9 Å². The van der Waals surface area contributed by atoms with Crippen LogP contribution in [0.15, 0.2) is 67.2 Å². The number of phenols is 1. The molecule has 0 aliphatic heterocycles. The molecule has 9 heteroatoms. The molecule has 5 rings (SSSR count). The molecule has 0 spiro atoms. The number of phenolic OH excluding ortho intramolecular Hbond substituents is 1. The molecule has 2 aromatic heterocycles. The van der Waals surface area contributed by atoms with Crippen molar-refractivity contribution in [1.29, 1.82) is 0 Å². The molecule has 0 bridgehead atoms. The predicted molar refractivity (Wildman–Crippen MR) is 130 cm³/mol. The number of carboxylic acid groups (broad SMARTS) is 1. The molecule has 0 atom stereocenters. The molecule has 3 aromatic carbocycles. The molecule has 0 fully saturated rings. The van der Waals surface area contributed by atoms with Crippen molar-refractivity contribution in [2.45, 2.75) is 13.8 Å². The van der Waals surface area contributed by atoms with Gasteiger partial charge in [0.05, 0.1) is 32.8 Å². The molecule has 0 amide bonds. The van der Waals surface area contributed by atoms with Gasteiger partial charge in [-0.05, 0) is 38.1 Å². The fraction of sp³-hybridized carbons (Fsp3) is 0.0741. The number of carboxylic acids is 1. The van der Waals surface area contributed by atoms with E-state index in [1.165, 1.54) is 19.9 Å². The number of aromatic hydroxyl groups is 1. The number of carbonyl (C=O) groups is 3. The van der Waals surface area contributed by atoms with Gasteiger partial charge in [0.2, 0.25) is 10.9 Å². The van der Waals surface area contributed by atoms with Crippen molar-refractivity contribution >= 4 is 50.4 Å². The quantitative estimate of drug-likeness (QED) is 0.277. The number of Topliss-reactive ketones (excluding diaryl/α,β-unsaturated/α-hetero) is 2. The van der Waals surface area contributed by atoms with Crippen LogP contribution in [0.2, 0.25) is 0 Å².